The van der Waals surface area contributed by atoms with Gasteiger partial charge in [-0.1, -0.05) is 30.4 Å². The third-order valence-corrected chi connectivity index (χ3v) is 3.84. The SMILES string of the molecule is Cc1c(CO)nnn1CC(=O)Nc1nnc(C(C)C)s1. The zero-order valence-corrected chi connectivity index (χ0v) is 12.3. The van der Waals surface area contributed by atoms with Gasteiger partial charge >= 0.3 is 0 Å². The first-order chi connectivity index (χ1) is 9.51. The zero-order chi connectivity index (χ0) is 14.7. The fourth-order valence-electron chi connectivity index (χ4n) is 1.51. The quantitative estimate of drug-likeness (QED) is 0.841. The Hall–Kier alpha value is -1.87. The molecule has 9 heteroatoms. The van der Waals surface area contributed by atoms with Gasteiger partial charge in [0.15, 0.2) is 0 Å². The van der Waals surface area contributed by atoms with Crippen LogP contribution in [-0.2, 0) is 17.9 Å². The maximum Gasteiger partial charge on any atom is 0.248 e. The van der Waals surface area contributed by atoms with E-state index in [9.17, 15) is 4.79 Å². The van der Waals surface area contributed by atoms with Crippen LogP contribution in [0.15, 0.2) is 0 Å². The Morgan fingerprint density at radius 2 is 2.15 bits per heavy atom. The summed E-state index contributed by atoms with van der Waals surface area (Å²) in [5, 5.41) is 28.5. The van der Waals surface area contributed by atoms with Crippen LogP contribution in [0.1, 0.15) is 36.2 Å². The maximum atomic E-state index is 11.9. The van der Waals surface area contributed by atoms with Crippen molar-refractivity contribution in [1.29, 1.82) is 0 Å². The van der Waals surface area contributed by atoms with Crippen molar-refractivity contribution in [2.45, 2.75) is 39.8 Å². The van der Waals surface area contributed by atoms with Crippen LogP contribution in [0.25, 0.3) is 0 Å². The van der Waals surface area contributed by atoms with E-state index in [1.54, 1.807) is 6.92 Å². The molecule has 0 aliphatic carbocycles. The number of anilines is 1. The number of nitrogens with one attached hydrogen (secondary N) is 1. The van der Waals surface area contributed by atoms with Crippen molar-refractivity contribution in [3.8, 4) is 0 Å². The number of aliphatic hydroxyl groups is 1. The van der Waals surface area contributed by atoms with Crippen LogP contribution in [0.3, 0.4) is 0 Å². The molecule has 1 amide bonds. The first-order valence-electron chi connectivity index (χ1n) is 6.14. The first-order valence-corrected chi connectivity index (χ1v) is 6.96. The fraction of sp³-hybridized carbons (Fsp3) is 0.545. The van der Waals surface area contributed by atoms with E-state index < -0.39 is 0 Å². The molecule has 0 saturated heterocycles. The highest BCUT2D eigenvalue weighted by atomic mass is 32.1. The molecule has 20 heavy (non-hydrogen) atoms. The van der Waals surface area contributed by atoms with Gasteiger partial charge in [0.1, 0.15) is 17.2 Å². The topological polar surface area (TPSA) is 106 Å². The minimum Gasteiger partial charge on any atom is -0.390 e. The van der Waals surface area contributed by atoms with E-state index in [1.165, 1.54) is 16.0 Å². The molecule has 108 valence electrons. The Balaban J connectivity index is 1.99. The Bertz CT molecular complexity index is 606. The number of nitrogens with zero attached hydrogens (tertiary/aromatic N) is 5. The van der Waals surface area contributed by atoms with E-state index in [4.69, 9.17) is 5.11 Å². The molecular formula is C11H16N6O2S. The average molecular weight is 296 g/mol. The molecular weight excluding hydrogens is 280 g/mol. The zero-order valence-electron chi connectivity index (χ0n) is 11.5. The van der Waals surface area contributed by atoms with Gasteiger partial charge < -0.3 is 5.11 Å². The van der Waals surface area contributed by atoms with Gasteiger partial charge in [0, 0.05) is 5.92 Å². The van der Waals surface area contributed by atoms with Crippen molar-refractivity contribution in [2.24, 2.45) is 0 Å². The van der Waals surface area contributed by atoms with Crippen LogP contribution in [-0.4, -0.2) is 36.2 Å². The molecule has 0 unspecified atom stereocenters. The summed E-state index contributed by atoms with van der Waals surface area (Å²) in [5.74, 6) is 0.0248. The van der Waals surface area contributed by atoms with Crippen molar-refractivity contribution in [2.75, 3.05) is 5.32 Å². The second-order valence-corrected chi connectivity index (χ2v) is 5.59. The number of carbonyl (C=O) groups excluding carboxylic acids is 1. The van der Waals surface area contributed by atoms with E-state index in [-0.39, 0.29) is 25.0 Å². The fourth-order valence-corrected chi connectivity index (χ4v) is 2.27. The molecule has 2 rings (SSSR count). The molecule has 0 atom stereocenters. The molecule has 0 radical (unpaired) electrons. The van der Waals surface area contributed by atoms with Gasteiger partial charge in [-0.05, 0) is 6.92 Å². The normalized spacial score (nSPS) is 11.1. The minimum atomic E-state index is -0.256. The highest BCUT2D eigenvalue weighted by Crippen LogP contribution is 2.22. The standard InChI is InChI=1S/C11H16N6O2S/c1-6(2)10-14-15-11(20-10)12-9(19)4-17-7(3)8(5-18)13-16-17/h6,18H,4-5H2,1-3H3,(H,12,15,19). The third-order valence-electron chi connectivity index (χ3n) is 2.70. The molecule has 2 N–H and O–H groups in total. The van der Waals surface area contributed by atoms with Crippen LogP contribution >= 0.6 is 11.3 Å². The van der Waals surface area contributed by atoms with Crippen LogP contribution in [0.2, 0.25) is 0 Å². The van der Waals surface area contributed by atoms with Gasteiger partial charge in [-0.15, -0.1) is 15.3 Å². The van der Waals surface area contributed by atoms with Crippen LogP contribution in [0.5, 0.6) is 0 Å². The maximum absolute atomic E-state index is 11.9. The van der Waals surface area contributed by atoms with Gasteiger partial charge in [-0.25, -0.2) is 4.68 Å². The summed E-state index contributed by atoms with van der Waals surface area (Å²) < 4.78 is 1.44. The summed E-state index contributed by atoms with van der Waals surface area (Å²) in [6, 6.07) is 0. The number of hydrogen-bond acceptors (Lipinski definition) is 7. The number of aromatic nitrogens is 5. The van der Waals surface area contributed by atoms with Gasteiger partial charge in [-0.2, -0.15) is 0 Å². The lowest BCUT2D eigenvalue weighted by Crippen LogP contribution is -2.20. The molecule has 0 saturated carbocycles. The first kappa shape index (κ1) is 14.5. The predicted octanol–water partition coefficient (Wildman–Crippen LogP) is 0.692. The molecule has 0 fully saturated rings. The molecule has 2 aromatic heterocycles. The van der Waals surface area contributed by atoms with Crippen LogP contribution in [0.4, 0.5) is 5.13 Å². The molecule has 8 nitrogen and oxygen atoms in total. The van der Waals surface area contributed by atoms with Crippen molar-refractivity contribution < 1.29 is 9.90 Å². The number of hydrogen-bond donors (Lipinski definition) is 2. The lowest BCUT2D eigenvalue weighted by molar-refractivity contribution is -0.117. The molecule has 0 aliphatic rings. The Morgan fingerprint density at radius 3 is 2.70 bits per heavy atom. The predicted molar refractivity (Wildman–Crippen MR) is 73.3 cm³/mol. The van der Waals surface area contributed by atoms with Crippen molar-refractivity contribution >= 4 is 22.4 Å². The molecule has 2 aromatic rings. The summed E-state index contributed by atoms with van der Waals surface area (Å²) in [4.78, 5) is 11.9. The molecule has 0 aliphatic heterocycles. The van der Waals surface area contributed by atoms with E-state index >= 15 is 0 Å². The van der Waals surface area contributed by atoms with E-state index in [1.807, 2.05) is 13.8 Å². The van der Waals surface area contributed by atoms with E-state index in [2.05, 4.69) is 25.8 Å². The van der Waals surface area contributed by atoms with Gasteiger partial charge in [0.2, 0.25) is 11.0 Å². The molecule has 2 heterocycles. The summed E-state index contributed by atoms with van der Waals surface area (Å²) in [6.45, 7) is 5.61. The van der Waals surface area contributed by atoms with Gasteiger partial charge in [0.05, 0.1) is 12.3 Å². The largest absolute Gasteiger partial charge is 0.390 e. The monoisotopic (exact) mass is 296 g/mol. The van der Waals surface area contributed by atoms with Crippen LogP contribution in [0, 0.1) is 6.92 Å². The summed E-state index contributed by atoms with van der Waals surface area (Å²) in [7, 11) is 0. The van der Waals surface area contributed by atoms with E-state index in [0.717, 1.165) is 5.01 Å². The number of amides is 1. The van der Waals surface area contributed by atoms with Gasteiger partial charge in [0.25, 0.3) is 0 Å². The Labute approximate surface area is 119 Å². The lowest BCUT2D eigenvalue weighted by atomic mass is 10.2. The number of rotatable bonds is 5. The molecule has 0 aromatic carbocycles. The minimum absolute atomic E-state index is 0.0232. The highest BCUT2D eigenvalue weighted by Gasteiger charge is 2.13. The second kappa shape index (κ2) is 6.06. The van der Waals surface area contributed by atoms with Crippen molar-refractivity contribution in [3.05, 3.63) is 16.4 Å². The van der Waals surface area contributed by atoms with E-state index in [0.29, 0.717) is 16.5 Å². The lowest BCUT2D eigenvalue weighted by Gasteiger charge is -2.03. The van der Waals surface area contributed by atoms with Crippen molar-refractivity contribution in [3.63, 3.8) is 0 Å². The Kier molecular flexibility index (Phi) is 4.40. The van der Waals surface area contributed by atoms with Crippen molar-refractivity contribution in [1.82, 2.24) is 25.2 Å². The molecule has 0 spiro atoms. The smallest absolute Gasteiger partial charge is 0.248 e. The third kappa shape index (κ3) is 3.17. The average Bonchev–Trinajstić information content (AvgIpc) is 2.98. The summed E-state index contributed by atoms with van der Waals surface area (Å²) in [6.07, 6.45) is 0. The summed E-state index contributed by atoms with van der Waals surface area (Å²) >= 11 is 1.35. The molecule has 0 bridgehead atoms. The highest BCUT2D eigenvalue weighted by molar-refractivity contribution is 7.15. The van der Waals surface area contributed by atoms with Gasteiger partial charge in [-0.3, -0.25) is 10.1 Å². The summed E-state index contributed by atoms with van der Waals surface area (Å²) in [5.41, 5.74) is 1.14. The number of carbonyl (C=O) groups is 1. The second-order valence-electron chi connectivity index (χ2n) is 4.59. The Morgan fingerprint density at radius 1 is 1.40 bits per heavy atom. The van der Waals surface area contributed by atoms with Crippen LogP contribution < -0.4 is 5.32 Å². The number of aliphatic hydroxyl groups excluding tert-OH is 1.